The Bertz CT molecular complexity index is 1400. The number of aliphatic hydroxyl groups excluding tert-OH is 2. The third kappa shape index (κ3) is 68.9. The molecular formula is C78H147NO5. The molecule has 2 atom stereocenters. The van der Waals surface area contributed by atoms with Gasteiger partial charge in [-0.3, -0.25) is 9.59 Å². The molecule has 0 rings (SSSR count). The zero-order chi connectivity index (χ0) is 60.6. The minimum atomic E-state index is -0.841. The van der Waals surface area contributed by atoms with Gasteiger partial charge in [-0.1, -0.05) is 358 Å². The maximum Gasteiger partial charge on any atom is 0.305 e. The number of esters is 1. The molecule has 0 aliphatic rings. The average molecular weight is 1180 g/mol. The minimum Gasteiger partial charge on any atom is -0.466 e. The molecule has 494 valence electrons. The molecule has 0 spiro atoms. The summed E-state index contributed by atoms with van der Waals surface area (Å²) in [5.41, 5.74) is 0. The van der Waals surface area contributed by atoms with E-state index in [1.807, 2.05) is 6.08 Å². The number of carbonyl (C=O) groups is 2. The minimum absolute atomic E-state index is 0.0130. The van der Waals surface area contributed by atoms with Gasteiger partial charge in [0.25, 0.3) is 0 Å². The van der Waals surface area contributed by atoms with E-state index >= 15 is 0 Å². The van der Waals surface area contributed by atoms with E-state index in [1.54, 1.807) is 6.08 Å². The number of hydrogen-bond acceptors (Lipinski definition) is 5. The molecule has 0 heterocycles. The van der Waals surface area contributed by atoms with E-state index < -0.39 is 12.1 Å². The predicted molar refractivity (Wildman–Crippen MR) is 370 cm³/mol. The Morgan fingerprint density at radius 3 is 0.917 bits per heavy atom. The van der Waals surface area contributed by atoms with Gasteiger partial charge in [0.15, 0.2) is 0 Å². The molecule has 0 aliphatic carbocycles. The number of unbranched alkanes of at least 4 members (excludes halogenated alkanes) is 54. The standard InChI is InChI=1S/C78H147NO5/c1-3-5-7-9-11-13-15-17-18-45-48-52-56-60-64-68-72-78(83)84-73-69-65-61-57-53-49-46-43-41-39-37-35-33-31-29-27-25-23-21-19-20-22-24-26-28-30-32-34-36-38-40-42-44-47-51-55-59-63-67-71-77(82)79-75(74-80)76(81)70-66-62-58-54-50-16-14-12-10-8-6-4-2/h18-20,23,25,45,66,70,75-76,80-81H,3-17,21-22,24,26-44,46-65,67-69,71-74H2,1-2H3,(H,79,82)/b20-19-,25-23-,45-18-,70-66+. The summed E-state index contributed by atoms with van der Waals surface area (Å²) in [6.45, 7) is 4.92. The van der Waals surface area contributed by atoms with E-state index in [9.17, 15) is 19.8 Å². The summed E-state index contributed by atoms with van der Waals surface area (Å²) in [5, 5.41) is 23.1. The molecule has 0 aliphatic heterocycles. The van der Waals surface area contributed by atoms with Crippen molar-refractivity contribution in [2.45, 2.75) is 424 Å². The normalized spacial score (nSPS) is 12.8. The Balaban J connectivity index is 3.35. The second-order valence-electron chi connectivity index (χ2n) is 26.0. The number of rotatable bonds is 71. The molecule has 0 aromatic carbocycles. The third-order valence-electron chi connectivity index (χ3n) is 17.6. The van der Waals surface area contributed by atoms with Gasteiger partial charge in [-0.25, -0.2) is 0 Å². The quantitative estimate of drug-likeness (QED) is 0.0320. The molecule has 0 bridgehead atoms. The first kappa shape index (κ1) is 81.8. The van der Waals surface area contributed by atoms with Crippen molar-refractivity contribution in [3.63, 3.8) is 0 Å². The van der Waals surface area contributed by atoms with Crippen molar-refractivity contribution in [2.75, 3.05) is 13.2 Å². The van der Waals surface area contributed by atoms with Gasteiger partial charge in [0.2, 0.25) is 5.91 Å². The van der Waals surface area contributed by atoms with Gasteiger partial charge in [-0.05, 0) is 89.9 Å². The fourth-order valence-corrected chi connectivity index (χ4v) is 11.8. The van der Waals surface area contributed by atoms with Gasteiger partial charge >= 0.3 is 5.97 Å². The predicted octanol–water partition coefficient (Wildman–Crippen LogP) is 24.8. The van der Waals surface area contributed by atoms with Gasteiger partial charge in [0.05, 0.1) is 25.4 Å². The summed E-state index contributed by atoms with van der Waals surface area (Å²) in [7, 11) is 0. The number of ether oxygens (including phenoxy) is 1. The Labute approximate surface area is 525 Å². The van der Waals surface area contributed by atoms with Crippen LogP contribution in [0.1, 0.15) is 412 Å². The van der Waals surface area contributed by atoms with Crippen molar-refractivity contribution in [1.82, 2.24) is 5.32 Å². The molecule has 0 fully saturated rings. The van der Waals surface area contributed by atoms with Crippen LogP contribution in [0.4, 0.5) is 0 Å². The average Bonchev–Trinajstić information content (AvgIpc) is 3.50. The molecule has 1 amide bonds. The molecule has 6 nitrogen and oxygen atoms in total. The smallest absolute Gasteiger partial charge is 0.305 e. The van der Waals surface area contributed by atoms with E-state index in [0.29, 0.717) is 19.4 Å². The largest absolute Gasteiger partial charge is 0.466 e. The summed E-state index contributed by atoms with van der Waals surface area (Å²) in [6, 6.07) is -0.625. The zero-order valence-electron chi connectivity index (χ0n) is 56.6. The van der Waals surface area contributed by atoms with Crippen LogP contribution < -0.4 is 5.32 Å². The molecule has 2 unspecified atom stereocenters. The zero-order valence-corrected chi connectivity index (χ0v) is 56.6. The van der Waals surface area contributed by atoms with Crippen LogP contribution >= 0.6 is 0 Å². The highest BCUT2D eigenvalue weighted by molar-refractivity contribution is 5.76. The number of hydrogen-bond donors (Lipinski definition) is 3. The topological polar surface area (TPSA) is 95.9 Å². The fraction of sp³-hybridized carbons (Fsp3) is 0.872. The van der Waals surface area contributed by atoms with E-state index in [2.05, 4.69) is 55.6 Å². The second kappa shape index (κ2) is 73.3. The summed E-state index contributed by atoms with van der Waals surface area (Å²) in [6.07, 6.45) is 96.6. The Morgan fingerprint density at radius 1 is 0.333 bits per heavy atom. The highest BCUT2D eigenvalue weighted by Gasteiger charge is 2.18. The van der Waals surface area contributed by atoms with Crippen LogP contribution in [0.15, 0.2) is 48.6 Å². The molecule has 3 N–H and O–H groups in total. The summed E-state index contributed by atoms with van der Waals surface area (Å²) >= 11 is 0. The third-order valence-corrected chi connectivity index (χ3v) is 17.6. The lowest BCUT2D eigenvalue weighted by Crippen LogP contribution is -2.45. The molecule has 0 aromatic rings. The maximum absolute atomic E-state index is 12.5. The number of allylic oxidation sites excluding steroid dienone is 7. The molecule has 0 saturated heterocycles. The monoisotopic (exact) mass is 1180 g/mol. The van der Waals surface area contributed by atoms with Crippen molar-refractivity contribution in [3.8, 4) is 0 Å². The lowest BCUT2D eigenvalue weighted by molar-refractivity contribution is -0.143. The number of nitrogens with one attached hydrogen (secondary N) is 1. The first-order chi connectivity index (χ1) is 41.5. The van der Waals surface area contributed by atoms with Gasteiger partial charge in [0.1, 0.15) is 0 Å². The van der Waals surface area contributed by atoms with E-state index in [1.165, 1.54) is 334 Å². The SMILES string of the molecule is CCCCCCCCC/C=C\CCCCCCCC(=O)OCCCCCCCCCCCCCCCCC/C=C\C/C=C\CCCCCCCCCCCCCCCCCCCC(=O)NC(CO)C(O)/C=C/CCCCCCCCCCCC. The molecule has 0 aromatic heterocycles. The van der Waals surface area contributed by atoms with Crippen LogP contribution in [-0.4, -0.2) is 47.4 Å². The highest BCUT2D eigenvalue weighted by Crippen LogP contribution is 2.19. The van der Waals surface area contributed by atoms with Crippen LogP contribution in [0, 0.1) is 0 Å². The van der Waals surface area contributed by atoms with Crippen molar-refractivity contribution >= 4 is 11.9 Å². The van der Waals surface area contributed by atoms with Gasteiger partial charge < -0.3 is 20.3 Å². The number of aliphatic hydroxyl groups is 2. The Hall–Kier alpha value is -2.18. The number of carbonyl (C=O) groups excluding carboxylic acids is 2. The Kier molecular flexibility index (Phi) is 71.4. The summed E-state index contributed by atoms with van der Waals surface area (Å²) < 4.78 is 5.50. The highest BCUT2D eigenvalue weighted by atomic mass is 16.5. The molecule has 6 heteroatoms. The Morgan fingerprint density at radius 2 is 0.595 bits per heavy atom. The van der Waals surface area contributed by atoms with Gasteiger partial charge in [0, 0.05) is 12.8 Å². The van der Waals surface area contributed by atoms with Gasteiger partial charge in [-0.15, -0.1) is 0 Å². The molecular weight excluding hydrogens is 1030 g/mol. The van der Waals surface area contributed by atoms with Crippen LogP contribution in [-0.2, 0) is 14.3 Å². The van der Waals surface area contributed by atoms with Crippen LogP contribution in [0.5, 0.6) is 0 Å². The van der Waals surface area contributed by atoms with Crippen molar-refractivity contribution in [3.05, 3.63) is 48.6 Å². The lowest BCUT2D eigenvalue weighted by atomic mass is 10.0. The van der Waals surface area contributed by atoms with E-state index in [-0.39, 0.29) is 18.5 Å². The molecule has 0 radical (unpaired) electrons. The molecule has 0 saturated carbocycles. The summed E-state index contributed by atoms with van der Waals surface area (Å²) in [5.74, 6) is -0.0512. The summed E-state index contributed by atoms with van der Waals surface area (Å²) in [4.78, 5) is 24.5. The van der Waals surface area contributed by atoms with Gasteiger partial charge in [-0.2, -0.15) is 0 Å². The fourth-order valence-electron chi connectivity index (χ4n) is 11.8. The first-order valence-electron chi connectivity index (χ1n) is 37.9. The molecule has 84 heavy (non-hydrogen) atoms. The van der Waals surface area contributed by atoms with Crippen LogP contribution in [0.3, 0.4) is 0 Å². The maximum atomic E-state index is 12.5. The van der Waals surface area contributed by atoms with Crippen molar-refractivity contribution in [2.24, 2.45) is 0 Å². The van der Waals surface area contributed by atoms with E-state index in [0.717, 1.165) is 51.4 Å². The van der Waals surface area contributed by atoms with Crippen molar-refractivity contribution < 1.29 is 24.5 Å². The second-order valence-corrected chi connectivity index (χ2v) is 26.0. The van der Waals surface area contributed by atoms with Crippen LogP contribution in [0.2, 0.25) is 0 Å². The first-order valence-corrected chi connectivity index (χ1v) is 37.9. The van der Waals surface area contributed by atoms with Crippen molar-refractivity contribution in [1.29, 1.82) is 0 Å². The number of amides is 1. The van der Waals surface area contributed by atoms with Crippen LogP contribution in [0.25, 0.3) is 0 Å². The van der Waals surface area contributed by atoms with E-state index in [4.69, 9.17) is 4.74 Å². The lowest BCUT2D eigenvalue weighted by Gasteiger charge is -2.20.